The smallest absolute Gasteiger partial charge is 0.266 e. The maximum atomic E-state index is 11.9. The Balaban J connectivity index is 1.58. The van der Waals surface area contributed by atoms with E-state index in [1.54, 1.807) is 18.2 Å². The van der Waals surface area contributed by atoms with Crippen LogP contribution in [-0.4, -0.2) is 27.2 Å². The fraction of sp³-hybridized carbons (Fsp3) is 0.333. The van der Waals surface area contributed by atoms with E-state index in [1.165, 1.54) is 16.9 Å². The molecule has 22 heavy (non-hydrogen) atoms. The summed E-state index contributed by atoms with van der Waals surface area (Å²) in [7, 11) is 0. The molecule has 2 heterocycles. The molecular weight excluding hydrogens is 304 g/mol. The minimum absolute atomic E-state index is 0.160. The number of carbonyl (C=O) groups excluding carboxylic acids is 1. The lowest BCUT2D eigenvalue weighted by Gasteiger charge is -2.08. The molecule has 114 valence electrons. The highest BCUT2D eigenvalue weighted by atomic mass is 35.5. The van der Waals surface area contributed by atoms with Crippen LogP contribution < -0.4 is 10.9 Å². The molecule has 7 heteroatoms. The van der Waals surface area contributed by atoms with Crippen molar-refractivity contribution in [2.75, 3.05) is 6.54 Å². The van der Waals surface area contributed by atoms with Gasteiger partial charge in [-0.15, -0.1) is 0 Å². The van der Waals surface area contributed by atoms with Crippen molar-refractivity contribution < 1.29 is 4.79 Å². The van der Waals surface area contributed by atoms with Gasteiger partial charge in [0.2, 0.25) is 0 Å². The molecule has 2 aromatic rings. The van der Waals surface area contributed by atoms with Crippen molar-refractivity contribution in [3.8, 4) is 0 Å². The molecule has 0 atom stereocenters. The molecule has 0 unspecified atom stereocenters. The van der Waals surface area contributed by atoms with Crippen molar-refractivity contribution >= 4 is 17.5 Å². The first-order valence-electron chi connectivity index (χ1n) is 7.11. The summed E-state index contributed by atoms with van der Waals surface area (Å²) >= 11 is 5.67. The van der Waals surface area contributed by atoms with Crippen LogP contribution in [0.2, 0.25) is 5.15 Å². The maximum absolute atomic E-state index is 11.9. The van der Waals surface area contributed by atoms with Crippen LogP contribution in [0.15, 0.2) is 35.3 Å². The SMILES string of the molecule is O=C(NCCn1nc(C2CC2)ccc1=O)c1ccc(Cl)nc1. The number of rotatable bonds is 5. The third kappa shape index (κ3) is 3.51. The number of amides is 1. The summed E-state index contributed by atoms with van der Waals surface area (Å²) in [6.45, 7) is 0.661. The minimum atomic E-state index is -0.254. The fourth-order valence-electron chi connectivity index (χ4n) is 2.11. The molecule has 0 saturated heterocycles. The summed E-state index contributed by atoms with van der Waals surface area (Å²) in [6, 6.07) is 6.48. The average Bonchev–Trinajstić information content (AvgIpc) is 3.34. The number of pyridine rings is 1. The zero-order valence-electron chi connectivity index (χ0n) is 11.8. The van der Waals surface area contributed by atoms with Crippen molar-refractivity contribution in [3.63, 3.8) is 0 Å². The van der Waals surface area contributed by atoms with E-state index in [-0.39, 0.29) is 11.5 Å². The van der Waals surface area contributed by atoms with Gasteiger partial charge >= 0.3 is 0 Å². The molecule has 6 nitrogen and oxygen atoms in total. The van der Waals surface area contributed by atoms with E-state index in [0.717, 1.165) is 18.5 Å². The van der Waals surface area contributed by atoms with E-state index < -0.39 is 0 Å². The summed E-state index contributed by atoms with van der Waals surface area (Å²) in [4.78, 5) is 27.5. The van der Waals surface area contributed by atoms with Crippen LogP contribution in [-0.2, 0) is 6.54 Å². The molecule has 1 amide bonds. The van der Waals surface area contributed by atoms with Gasteiger partial charge in [0, 0.05) is 24.7 Å². The molecule has 0 spiro atoms. The van der Waals surface area contributed by atoms with Crippen molar-refractivity contribution in [2.24, 2.45) is 0 Å². The zero-order chi connectivity index (χ0) is 15.5. The molecule has 0 radical (unpaired) electrons. The van der Waals surface area contributed by atoms with E-state index in [0.29, 0.717) is 29.7 Å². The summed E-state index contributed by atoms with van der Waals surface area (Å²) in [5.74, 6) is 0.233. The second-order valence-electron chi connectivity index (χ2n) is 5.22. The molecule has 1 saturated carbocycles. The fourth-order valence-corrected chi connectivity index (χ4v) is 2.22. The van der Waals surface area contributed by atoms with E-state index >= 15 is 0 Å². The van der Waals surface area contributed by atoms with Crippen molar-refractivity contribution in [1.82, 2.24) is 20.1 Å². The maximum Gasteiger partial charge on any atom is 0.266 e. The highest BCUT2D eigenvalue weighted by molar-refractivity contribution is 6.29. The van der Waals surface area contributed by atoms with Crippen LogP contribution in [0.1, 0.15) is 34.8 Å². The second kappa shape index (κ2) is 6.27. The minimum Gasteiger partial charge on any atom is -0.350 e. The van der Waals surface area contributed by atoms with Gasteiger partial charge in [-0.2, -0.15) is 5.10 Å². The third-order valence-corrected chi connectivity index (χ3v) is 3.71. The third-order valence-electron chi connectivity index (χ3n) is 3.48. The predicted molar refractivity (Wildman–Crippen MR) is 82.1 cm³/mol. The lowest BCUT2D eigenvalue weighted by molar-refractivity contribution is 0.0951. The molecule has 1 aliphatic carbocycles. The molecule has 1 aliphatic rings. The highest BCUT2D eigenvalue weighted by Crippen LogP contribution is 2.38. The van der Waals surface area contributed by atoms with Gasteiger partial charge in [0.05, 0.1) is 17.8 Å². The molecule has 3 rings (SSSR count). The molecule has 1 N–H and O–H groups in total. The molecule has 0 aliphatic heterocycles. The van der Waals surface area contributed by atoms with Crippen LogP contribution >= 0.6 is 11.6 Å². The summed E-state index contributed by atoms with van der Waals surface area (Å²) in [5.41, 5.74) is 1.22. The topological polar surface area (TPSA) is 76.9 Å². The van der Waals surface area contributed by atoms with Crippen LogP contribution in [0.5, 0.6) is 0 Å². The van der Waals surface area contributed by atoms with E-state index in [4.69, 9.17) is 11.6 Å². The number of aromatic nitrogens is 3. The molecule has 2 aromatic heterocycles. The second-order valence-corrected chi connectivity index (χ2v) is 5.61. The van der Waals surface area contributed by atoms with Gasteiger partial charge in [-0.25, -0.2) is 9.67 Å². The van der Waals surface area contributed by atoms with Crippen LogP contribution in [0, 0.1) is 0 Å². The lowest BCUT2D eigenvalue weighted by Crippen LogP contribution is -2.32. The highest BCUT2D eigenvalue weighted by Gasteiger charge is 2.25. The quantitative estimate of drug-likeness (QED) is 0.849. The van der Waals surface area contributed by atoms with Gasteiger partial charge in [-0.3, -0.25) is 9.59 Å². The monoisotopic (exact) mass is 318 g/mol. The van der Waals surface area contributed by atoms with Crippen molar-refractivity contribution in [2.45, 2.75) is 25.3 Å². The molecule has 0 bridgehead atoms. The number of nitrogens with one attached hydrogen (secondary N) is 1. The van der Waals surface area contributed by atoms with E-state index in [9.17, 15) is 9.59 Å². The number of carbonyl (C=O) groups is 1. The molecule has 1 fully saturated rings. The Hall–Kier alpha value is -2.21. The number of nitrogens with zero attached hydrogens (tertiary/aromatic N) is 3. The summed E-state index contributed by atoms with van der Waals surface area (Å²) in [6.07, 6.45) is 3.67. The van der Waals surface area contributed by atoms with Gasteiger partial charge in [0.25, 0.3) is 11.5 Å². The Morgan fingerprint density at radius 2 is 2.14 bits per heavy atom. The Morgan fingerprint density at radius 1 is 1.32 bits per heavy atom. The van der Waals surface area contributed by atoms with Gasteiger partial charge in [-0.1, -0.05) is 11.6 Å². The van der Waals surface area contributed by atoms with Crippen molar-refractivity contribution in [1.29, 1.82) is 0 Å². The number of hydrogen-bond acceptors (Lipinski definition) is 4. The number of hydrogen-bond donors (Lipinski definition) is 1. The van der Waals surface area contributed by atoms with E-state index in [1.807, 2.05) is 0 Å². The predicted octanol–water partition coefficient (Wildman–Crippen LogP) is 1.60. The van der Waals surface area contributed by atoms with Gasteiger partial charge in [0.1, 0.15) is 5.15 Å². The van der Waals surface area contributed by atoms with Crippen molar-refractivity contribution in [3.05, 3.63) is 57.2 Å². The normalized spacial score (nSPS) is 13.9. The first-order chi connectivity index (χ1) is 10.6. The van der Waals surface area contributed by atoms with E-state index in [2.05, 4.69) is 15.4 Å². The Morgan fingerprint density at radius 3 is 2.82 bits per heavy atom. The number of halogens is 1. The van der Waals surface area contributed by atoms with Crippen LogP contribution in [0.4, 0.5) is 0 Å². The Labute approximate surface area is 132 Å². The largest absolute Gasteiger partial charge is 0.350 e. The van der Waals surface area contributed by atoms with Crippen LogP contribution in [0.25, 0.3) is 0 Å². The molecular formula is C15H15ClN4O2. The van der Waals surface area contributed by atoms with Gasteiger partial charge in [0.15, 0.2) is 0 Å². The first kappa shape index (κ1) is 14.7. The first-order valence-corrected chi connectivity index (χ1v) is 7.49. The summed E-state index contributed by atoms with van der Waals surface area (Å²) < 4.78 is 1.40. The lowest BCUT2D eigenvalue weighted by atomic mass is 10.2. The molecule has 0 aromatic carbocycles. The zero-order valence-corrected chi connectivity index (χ0v) is 12.6. The van der Waals surface area contributed by atoms with Crippen LogP contribution in [0.3, 0.4) is 0 Å². The summed E-state index contributed by atoms with van der Waals surface area (Å²) in [5, 5.41) is 7.41. The standard InChI is InChI=1S/C15H15ClN4O2/c16-13-5-3-11(9-18-13)15(22)17-7-8-20-14(21)6-4-12(19-20)10-1-2-10/h3-6,9-10H,1-2,7-8H2,(H,17,22). The average molecular weight is 319 g/mol. The Kier molecular flexibility index (Phi) is 4.20. The van der Waals surface area contributed by atoms with Gasteiger partial charge < -0.3 is 5.32 Å². The Bertz CT molecular complexity index is 738. The van der Waals surface area contributed by atoms with Gasteiger partial charge in [-0.05, 0) is 31.0 Å².